The molecule has 0 aliphatic carbocycles. The molecular weight excluding hydrogens is 254 g/mol. The highest BCUT2D eigenvalue weighted by Crippen LogP contribution is 2.20. The first-order chi connectivity index (χ1) is 9.61. The third-order valence-corrected chi connectivity index (χ3v) is 2.79. The first-order valence-electron chi connectivity index (χ1n) is 6.24. The average Bonchev–Trinajstić information content (AvgIpc) is 2.47. The fourth-order valence-electron chi connectivity index (χ4n) is 1.88. The van der Waals surface area contributed by atoms with Gasteiger partial charge in [-0.2, -0.15) is 0 Å². The van der Waals surface area contributed by atoms with Gasteiger partial charge in [-0.05, 0) is 30.7 Å². The molecule has 2 rings (SSSR count). The standard InChI is InChI=1S/C15H15N3O2/c1-10(19)9-11-6-7-13(15(20)16-2)18-14(11)12-5-3-4-8-17-12/h3-8H,9H2,1-2H3,(H,16,20). The minimum Gasteiger partial charge on any atom is -0.354 e. The van der Waals surface area contributed by atoms with Gasteiger partial charge in [0.2, 0.25) is 0 Å². The summed E-state index contributed by atoms with van der Waals surface area (Å²) in [7, 11) is 1.55. The Balaban J connectivity index is 2.54. The second-order valence-electron chi connectivity index (χ2n) is 4.38. The monoisotopic (exact) mass is 269 g/mol. The number of nitrogens with zero attached hydrogens (tertiary/aromatic N) is 2. The second-order valence-corrected chi connectivity index (χ2v) is 4.38. The van der Waals surface area contributed by atoms with Crippen molar-refractivity contribution < 1.29 is 9.59 Å². The van der Waals surface area contributed by atoms with Crippen LogP contribution in [0.15, 0.2) is 36.5 Å². The first kappa shape index (κ1) is 13.9. The number of carbonyl (C=O) groups excluding carboxylic acids is 2. The molecule has 0 saturated heterocycles. The molecule has 1 amide bonds. The molecule has 0 bridgehead atoms. The van der Waals surface area contributed by atoms with Crippen molar-refractivity contribution in [3.63, 3.8) is 0 Å². The third kappa shape index (κ3) is 3.06. The number of hydrogen-bond acceptors (Lipinski definition) is 4. The number of carbonyl (C=O) groups is 2. The van der Waals surface area contributed by atoms with Crippen LogP contribution in [0.5, 0.6) is 0 Å². The molecule has 0 unspecified atom stereocenters. The normalized spacial score (nSPS) is 10.1. The van der Waals surface area contributed by atoms with Gasteiger partial charge < -0.3 is 5.32 Å². The largest absolute Gasteiger partial charge is 0.354 e. The number of Topliss-reactive ketones (excluding diaryl/α,β-unsaturated/α-hetero) is 1. The number of hydrogen-bond donors (Lipinski definition) is 1. The van der Waals surface area contributed by atoms with E-state index in [1.54, 1.807) is 37.5 Å². The number of ketones is 1. The summed E-state index contributed by atoms with van der Waals surface area (Å²) in [5.41, 5.74) is 2.29. The van der Waals surface area contributed by atoms with Crippen LogP contribution in [-0.2, 0) is 11.2 Å². The number of nitrogens with one attached hydrogen (secondary N) is 1. The zero-order valence-electron chi connectivity index (χ0n) is 11.4. The van der Waals surface area contributed by atoms with E-state index >= 15 is 0 Å². The van der Waals surface area contributed by atoms with E-state index < -0.39 is 0 Å². The van der Waals surface area contributed by atoms with E-state index in [4.69, 9.17) is 0 Å². The Labute approximate surface area is 117 Å². The topological polar surface area (TPSA) is 72.0 Å². The summed E-state index contributed by atoms with van der Waals surface area (Å²) < 4.78 is 0. The summed E-state index contributed by atoms with van der Waals surface area (Å²) in [5.74, 6) is -0.228. The highest BCUT2D eigenvalue weighted by atomic mass is 16.1. The maximum Gasteiger partial charge on any atom is 0.269 e. The molecule has 2 aromatic rings. The van der Waals surface area contributed by atoms with E-state index in [0.717, 1.165) is 5.56 Å². The molecule has 5 heteroatoms. The average molecular weight is 269 g/mol. The molecule has 0 saturated carbocycles. The lowest BCUT2D eigenvalue weighted by molar-refractivity contribution is -0.116. The molecule has 0 atom stereocenters. The molecule has 0 aliphatic heterocycles. The van der Waals surface area contributed by atoms with E-state index in [0.29, 0.717) is 17.1 Å². The molecule has 102 valence electrons. The van der Waals surface area contributed by atoms with Crippen molar-refractivity contribution in [3.8, 4) is 11.4 Å². The molecule has 0 spiro atoms. The highest BCUT2D eigenvalue weighted by molar-refractivity contribution is 5.93. The lowest BCUT2D eigenvalue weighted by atomic mass is 10.0. The van der Waals surface area contributed by atoms with Gasteiger partial charge in [0, 0.05) is 19.7 Å². The van der Waals surface area contributed by atoms with Crippen molar-refractivity contribution in [2.45, 2.75) is 13.3 Å². The van der Waals surface area contributed by atoms with Crippen molar-refractivity contribution in [3.05, 3.63) is 47.8 Å². The lowest BCUT2D eigenvalue weighted by Crippen LogP contribution is -2.19. The van der Waals surface area contributed by atoms with Gasteiger partial charge in [-0.1, -0.05) is 12.1 Å². The molecule has 2 heterocycles. The van der Waals surface area contributed by atoms with Crippen LogP contribution in [0.1, 0.15) is 23.0 Å². The van der Waals surface area contributed by atoms with Gasteiger partial charge in [-0.15, -0.1) is 0 Å². The quantitative estimate of drug-likeness (QED) is 0.915. The van der Waals surface area contributed by atoms with Crippen molar-refractivity contribution in [1.29, 1.82) is 0 Å². The number of aromatic nitrogens is 2. The number of amides is 1. The van der Waals surface area contributed by atoms with Crippen molar-refractivity contribution in [2.24, 2.45) is 0 Å². The summed E-state index contributed by atoms with van der Waals surface area (Å²) in [6, 6.07) is 8.82. The zero-order valence-corrected chi connectivity index (χ0v) is 11.4. The fraction of sp³-hybridized carbons (Fsp3) is 0.200. The van der Waals surface area contributed by atoms with Gasteiger partial charge in [-0.3, -0.25) is 14.6 Å². The molecular formula is C15H15N3O2. The van der Waals surface area contributed by atoms with Gasteiger partial charge in [0.25, 0.3) is 5.91 Å². The number of pyridine rings is 2. The predicted molar refractivity (Wildman–Crippen MR) is 75.2 cm³/mol. The molecule has 5 nitrogen and oxygen atoms in total. The van der Waals surface area contributed by atoms with Crippen LogP contribution >= 0.6 is 0 Å². The van der Waals surface area contributed by atoms with Crippen molar-refractivity contribution in [1.82, 2.24) is 15.3 Å². The second kappa shape index (κ2) is 6.06. The van der Waals surface area contributed by atoms with Crippen molar-refractivity contribution >= 4 is 11.7 Å². The summed E-state index contributed by atoms with van der Waals surface area (Å²) in [5, 5.41) is 2.53. The van der Waals surface area contributed by atoms with E-state index in [2.05, 4.69) is 15.3 Å². The number of rotatable bonds is 4. The van der Waals surface area contributed by atoms with Gasteiger partial charge >= 0.3 is 0 Å². The summed E-state index contributed by atoms with van der Waals surface area (Å²) in [6.07, 6.45) is 1.92. The molecule has 0 aliphatic rings. The van der Waals surface area contributed by atoms with Crippen LogP contribution < -0.4 is 5.32 Å². The Morgan fingerprint density at radius 1 is 1.20 bits per heavy atom. The first-order valence-corrected chi connectivity index (χ1v) is 6.24. The molecule has 2 aromatic heterocycles. The predicted octanol–water partition coefficient (Wildman–Crippen LogP) is 1.63. The molecule has 0 radical (unpaired) electrons. The maximum atomic E-state index is 11.7. The Morgan fingerprint density at radius 2 is 2.00 bits per heavy atom. The smallest absolute Gasteiger partial charge is 0.269 e. The van der Waals surface area contributed by atoms with E-state index in [9.17, 15) is 9.59 Å². The molecule has 20 heavy (non-hydrogen) atoms. The summed E-state index contributed by atoms with van der Waals surface area (Å²) in [4.78, 5) is 31.6. The third-order valence-electron chi connectivity index (χ3n) is 2.79. The minimum absolute atomic E-state index is 0.0386. The van der Waals surface area contributed by atoms with E-state index in [1.165, 1.54) is 6.92 Å². The van der Waals surface area contributed by atoms with Gasteiger partial charge in [0.1, 0.15) is 11.5 Å². The van der Waals surface area contributed by atoms with E-state index in [1.807, 2.05) is 6.07 Å². The van der Waals surface area contributed by atoms with Gasteiger partial charge in [-0.25, -0.2) is 4.98 Å². The maximum absolute atomic E-state index is 11.7. The molecule has 1 N–H and O–H groups in total. The van der Waals surface area contributed by atoms with E-state index in [-0.39, 0.29) is 18.1 Å². The van der Waals surface area contributed by atoms with Gasteiger partial charge in [0.15, 0.2) is 0 Å². The van der Waals surface area contributed by atoms with Gasteiger partial charge in [0.05, 0.1) is 11.4 Å². The SMILES string of the molecule is CNC(=O)c1ccc(CC(C)=O)c(-c2ccccn2)n1. The van der Waals surface area contributed by atoms with Crippen LogP contribution in [0.25, 0.3) is 11.4 Å². The summed E-state index contributed by atoms with van der Waals surface area (Å²) >= 11 is 0. The lowest BCUT2D eigenvalue weighted by Gasteiger charge is -2.09. The van der Waals surface area contributed by atoms with Crippen LogP contribution in [0.4, 0.5) is 0 Å². The van der Waals surface area contributed by atoms with Crippen molar-refractivity contribution in [2.75, 3.05) is 7.05 Å². The Kier molecular flexibility index (Phi) is 4.20. The highest BCUT2D eigenvalue weighted by Gasteiger charge is 2.13. The summed E-state index contributed by atoms with van der Waals surface area (Å²) in [6.45, 7) is 1.52. The van der Waals surface area contributed by atoms with Crippen LogP contribution in [0.2, 0.25) is 0 Å². The van der Waals surface area contributed by atoms with Crippen LogP contribution in [0, 0.1) is 0 Å². The molecule has 0 aromatic carbocycles. The minimum atomic E-state index is -0.267. The van der Waals surface area contributed by atoms with Crippen LogP contribution in [-0.4, -0.2) is 28.7 Å². The zero-order chi connectivity index (χ0) is 14.5. The Hall–Kier alpha value is -2.56. The molecule has 0 fully saturated rings. The Bertz CT molecular complexity index is 639. The van der Waals surface area contributed by atoms with Crippen LogP contribution in [0.3, 0.4) is 0 Å². The fourth-order valence-corrected chi connectivity index (χ4v) is 1.88. The Morgan fingerprint density at radius 3 is 2.60 bits per heavy atom.